The van der Waals surface area contributed by atoms with Crippen molar-refractivity contribution in [1.82, 2.24) is 14.5 Å². The molecule has 0 saturated carbocycles. The summed E-state index contributed by atoms with van der Waals surface area (Å²) >= 11 is 0. The lowest BCUT2D eigenvalue weighted by atomic mass is 10.0. The van der Waals surface area contributed by atoms with Gasteiger partial charge in [0.1, 0.15) is 0 Å². The molecule has 128 valence electrons. The topological polar surface area (TPSA) is 72.3 Å². The van der Waals surface area contributed by atoms with Crippen LogP contribution in [-0.4, -0.2) is 48.1 Å². The zero-order valence-electron chi connectivity index (χ0n) is 13.8. The molecule has 0 unspecified atom stereocenters. The van der Waals surface area contributed by atoms with Gasteiger partial charge in [0.2, 0.25) is 0 Å². The average molecular weight is 347 g/mol. The number of amides is 1. The smallest absolute Gasteiger partial charge is 0.253 e. The molecule has 1 atom stereocenters. The summed E-state index contributed by atoms with van der Waals surface area (Å²) in [5, 5.41) is 0. The summed E-state index contributed by atoms with van der Waals surface area (Å²) < 4.78 is 25.8. The minimum Gasteiger partial charge on any atom is -0.337 e. The molecule has 0 radical (unpaired) electrons. The van der Waals surface area contributed by atoms with Crippen LogP contribution in [0, 0.1) is 6.92 Å². The lowest BCUT2D eigenvalue weighted by Crippen LogP contribution is -2.40. The molecule has 1 saturated heterocycles. The van der Waals surface area contributed by atoms with Crippen molar-refractivity contribution >= 4 is 15.7 Å². The van der Waals surface area contributed by atoms with Crippen LogP contribution in [0.25, 0.3) is 0 Å². The molecule has 1 fully saturated rings. The Morgan fingerprint density at radius 2 is 2.12 bits per heavy atom. The Morgan fingerprint density at radius 3 is 2.79 bits per heavy atom. The molecule has 1 amide bonds. The summed E-state index contributed by atoms with van der Waals surface area (Å²) in [6.45, 7) is 3.03. The maximum atomic E-state index is 12.8. The Bertz CT molecular complexity index is 844. The minimum atomic E-state index is -3.35. The van der Waals surface area contributed by atoms with E-state index in [1.807, 2.05) is 10.8 Å². The summed E-state index contributed by atoms with van der Waals surface area (Å²) in [6.07, 6.45) is 8.50. The van der Waals surface area contributed by atoms with E-state index in [0.717, 1.165) is 12.8 Å². The minimum absolute atomic E-state index is 0.121. The highest BCUT2D eigenvalue weighted by Crippen LogP contribution is 2.24. The molecule has 2 heterocycles. The number of imidazole rings is 1. The third-order valence-corrected chi connectivity index (χ3v) is 5.70. The van der Waals surface area contributed by atoms with E-state index in [-0.39, 0.29) is 16.8 Å². The van der Waals surface area contributed by atoms with Crippen molar-refractivity contribution in [3.63, 3.8) is 0 Å². The average Bonchev–Trinajstić information content (AvgIpc) is 3.08. The maximum absolute atomic E-state index is 12.8. The number of hydrogen-bond acceptors (Lipinski definition) is 4. The number of likely N-dealkylation sites (tertiary alicyclic amines) is 1. The Kier molecular flexibility index (Phi) is 4.45. The molecule has 0 aliphatic carbocycles. The van der Waals surface area contributed by atoms with E-state index in [4.69, 9.17) is 0 Å². The Morgan fingerprint density at radius 1 is 1.33 bits per heavy atom. The van der Waals surface area contributed by atoms with Gasteiger partial charge < -0.3 is 9.47 Å². The number of rotatable bonds is 3. The van der Waals surface area contributed by atoms with Gasteiger partial charge >= 0.3 is 0 Å². The first-order valence-corrected chi connectivity index (χ1v) is 9.83. The van der Waals surface area contributed by atoms with Crippen LogP contribution in [0.5, 0.6) is 0 Å². The van der Waals surface area contributed by atoms with Gasteiger partial charge in [0.15, 0.2) is 9.84 Å². The van der Waals surface area contributed by atoms with Gasteiger partial charge in [-0.3, -0.25) is 4.79 Å². The number of hydrogen-bond donors (Lipinski definition) is 0. The molecule has 6 nitrogen and oxygen atoms in total. The van der Waals surface area contributed by atoms with Gasteiger partial charge in [0.25, 0.3) is 5.91 Å². The summed E-state index contributed by atoms with van der Waals surface area (Å²) in [6, 6.07) is 5.10. The molecule has 1 aliphatic rings. The lowest BCUT2D eigenvalue weighted by Gasteiger charge is -2.33. The first-order valence-electron chi connectivity index (χ1n) is 7.93. The van der Waals surface area contributed by atoms with Gasteiger partial charge in [0, 0.05) is 37.3 Å². The number of carbonyl (C=O) groups is 1. The van der Waals surface area contributed by atoms with Crippen molar-refractivity contribution in [3.05, 3.63) is 48.0 Å². The van der Waals surface area contributed by atoms with Crippen LogP contribution in [0.1, 0.15) is 34.8 Å². The SMILES string of the molecule is Cc1ccc(C(=O)N2CCC[C@H](n3ccnc3)C2)cc1S(C)(=O)=O. The van der Waals surface area contributed by atoms with Crippen molar-refractivity contribution in [2.24, 2.45) is 0 Å². The van der Waals surface area contributed by atoms with Crippen LogP contribution in [0.4, 0.5) is 0 Å². The summed E-state index contributed by atoms with van der Waals surface area (Å²) in [5.74, 6) is -0.121. The van der Waals surface area contributed by atoms with E-state index >= 15 is 0 Å². The largest absolute Gasteiger partial charge is 0.337 e. The van der Waals surface area contributed by atoms with E-state index in [0.29, 0.717) is 24.2 Å². The van der Waals surface area contributed by atoms with Gasteiger partial charge in [0.05, 0.1) is 17.3 Å². The first-order chi connectivity index (χ1) is 11.4. The van der Waals surface area contributed by atoms with E-state index < -0.39 is 9.84 Å². The van der Waals surface area contributed by atoms with Crippen molar-refractivity contribution in [3.8, 4) is 0 Å². The molecule has 7 heteroatoms. The molecule has 1 aromatic carbocycles. The third-order valence-electron chi connectivity index (χ3n) is 4.46. The maximum Gasteiger partial charge on any atom is 0.253 e. The molecule has 1 aromatic heterocycles. The van der Waals surface area contributed by atoms with Crippen LogP contribution >= 0.6 is 0 Å². The van der Waals surface area contributed by atoms with E-state index in [2.05, 4.69) is 4.98 Å². The van der Waals surface area contributed by atoms with E-state index in [9.17, 15) is 13.2 Å². The molecule has 1 aliphatic heterocycles. The first kappa shape index (κ1) is 16.7. The molecule has 24 heavy (non-hydrogen) atoms. The fourth-order valence-electron chi connectivity index (χ4n) is 3.18. The Hall–Kier alpha value is -2.15. The summed E-state index contributed by atoms with van der Waals surface area (Å²) in [7, 11) is -3.35. The third kappa shape index (κ3) is 3.36. The molecular formula is C17H21N3O3S. The number of piperidine rings is 1. The number of aryl methyl sites for hydroxylation is 1. The second kappa shape index (κ2) is 6.39. The zero-order chi connectivity index (χ0) is 17.3. The highest BCUT2D eigenvalue weighted by Gasteiger charge is 2.26. The van der Waals surface area contributed by atoms with Crippen molar-refractivity contribution in [1.29, 1.82) is 0 Å². The zero-order valence-corrected chi connectivity index (χ0v) is 14.7. The van der Waals surface area contributed by atoms with Crippen LogP contribution in [0.3, 0.4) is 0 Å². The van der Waals surface area contributed by atoms with Crippen LogP contribution < -0.4 is 0 Å². The van der Waals surface area contributed by atoms with Crippen molar-refractivity contribution in [2.75, 3.05) is 19.3 Å². The van der Waals surface area contributed by atoms with Gasteiger partial charge in [-0.05, 0) is 37.5 Å². The molecular weight excluding hydrogens is 326 g/mol. The fraction of sp³-hybridized carbons (Fsp3) is 0.412. The molecule has 2 aromatic rings. The monoisotopic (exact) mass is 347 g/mol. The second-order valence-corrected chi connectivity index (χ2v) is 8.29. The van der Waals surface area contributed by atoms with Gasteiger partial charge in [-0.1, -0.05) is 6.07 Å². The quantitative estimate of drug-likeness (QED) is 0.852. The highest BCUT2D eigenvalue weighted by atomic mass is 32.2. The van der Waals surface area contributed by atoms with Gasteiger partial charge in [-0.25, -0.2) is 13.4 Å². The molecule has 0 bridgehead atoms. The van der Waals surface area contributed by atoms with Crippen molar-refractivity contribution in [2.45, 2.75) is 30.7 Å². The van der Waals surface area contributed by atoms with Crippen LogP contribution in [0.15, 0.2) is 41.8 Å². The van der Waals surface area contributed by atoms with Crippen LogP contribution in [0.2, 0.25) is 0 Å². The van der Waals surface area contributed by atoms with E-state index in [1.54, 1.807) is 36.5 Å². The number of carbonyl (C=O) groups excluding carboxylic acids is 1. The number of benzene rings is 1. The predicted molar refractivity (Wildman–Crippen MR) is 90.7 cm³/mol. The molecule has 0 spiro atoms. The van der Waals surface area contributed by atoms with E-state index in [1.165, 1.54) is 12.3 Å². The standard InChI is InChI=1S/C17H21N3O3S/c1-13-5-6-14(10-16(13)24(2,22)23)17(21)19-8-3-4-15(11-19)20-9-7-18-12-20/h5-7,9-10,12,15H,3-4,8,11H2,1-2H3/t15-/m0/s1. The lowest BCUT2D eigenvalue weighted by molar-refractivity contribution is 0.0679. The fourth-order valence-corrected chi connectivity index (χ4v) is 4.18. The Labute approximate surface area is 142 Å². The summed E-state index contributed by atoms with van der Waals surface area (Å²) in [4.78, 5) is 18.9. The predicted octanol–water partition coefficient (Wildman–Crippen LogP) is 2.07. The number of aromatic nitrogens is 2. The summed E-state index contributed by atoms with van der Waals surface area (Å²) in [5.41, 5.74) is 1.08. The van der Waals surface area contributed by atoms with Crippen LogP contribution in [-0.2, 0) is 9.84 Å². The normalized spacial score (nSPS) is 18.6. The number of sulfone groups is 1. The number of nitrogens with zero attached hydrogens (tertiary/aromatic N) is 3. The van der Waals surface area contributed by atoms with Crippen molar-refractivity contribution < 1.29 is 13.2 Å². The molecule has 0 N–H and O–H groups in total. The van der Waals surface area contributed by atoms with Gasteiger partial charge in [-0.2, -0.15) is 0 Å². The highest BCUT2D eigenvalue weighted by molar-refractivity contribution is 7.90. The Balaban J connectivity index is 1.84. The second-order valence-electron chi connectivity index (χ2n) is 6.31. The van der Waals surface area contributed by atoms with Gasteiger partial charge in [-0.15, -0.1) is 0 Å². The molecule has 3 rings (SSSR count).